The normalized spacial score (nSPS) is 23.8. The van der Waals surface area contributed by atoms with Crippen LogP contribution in [0, 0.1) is 5.41 Å². The van der Waals surface area contributed by atoms with Crippen molar-refractivity contribution in [1.82, 2.24) is 10.2 Å². The minimum Gasteiger partial charge on any atom is -0.379 e. The molecule has 3 N–H and O–H groups in total. The van der Waals surface area contributed by atoms with Crippen LogP contribution in [0.5, 0.6) is 0 Å². The van der Waals surface area contributed by atoms with E-state index in [1.165, 1.54) is 32.1 Å². The van der Waals surface area contributed by atoms with Crippen molar-refractivity contribution in [3.63, 3.8) is 0 Å². The van der Waals surface area contributed by atoms with Gasteiger partial charge in [0.1, 0.15) is 0 Å². The van der Waals surface area contributed by atoms with Crippen LogP contribution < -0.4 is 11.1 Å². The molecule has 21 heavy (non-hydrogen) atoms. The smallest absolute Gasteiger partial charge is 0.239 e. The van der Waals surface area contributed by atoms with Crippen LogP contribution in [0.2, 0.25) is 0 Å². The summed E-state index contributed by atoms with van der Waals surface area (Å²) in [4.78, 5) is 14.6. The number of nitrogens with zero attached hydrogens (tertiary/aromatic N) is 1. The molecule has 1 aliphatic carbocycles. The van der Waals surface area contributed by atoms with Crippen LogP contribution in [-0.4, -0.2) is 55.7 Å². The Morgan fingerprint density at radius 2 is 1.86 bits per heavy atom. The van der Waals surface area contributed by atoms with E-state index in [4.69, 9.17) is 10.5 Å². The van der Waals surface area contributed by atoms with E-state index in [0.29, 0.717) is 0 Å². The van der Waals surface area contributed by atoms with E-state index in [1.807, 2.05) is 0 Å². The zero-order chi connectivity index (χ0) is 15.3. The zero-order valence-corrected chi connectivity index (χ0v) is 13.6. The maximum atomic E-state index is 12.1. The van der Waals surface area contributed by atoms with Crippen molar-refractivity contribution in [2.24, 2.45) is 11.1 Å². The molecule has 1 saturated carbocycles. The monoisotopic (exact) mass is 297 g/mol. The van der Waals surface area contributed by atoms with E-state index in [9.17, 15) is 4.79 Å². The molecule has 5 nitrogen and oxygen atoms in total. The van der Waals surface area contributed by atoms with Gasteiger partial charge < -0.3 is 15.8 Å². The lowest BCUT2D eigenvalue weighted by Gasteiger charge is -2.42. The lowest BCUT2D eigenvalue weighted by Crippen LogP contribution is -2.54. The van der Waals surface area contributed by atoms with Gasteiger partial charge in [-0.25, -0.2) is 0 Å². The van der Waals surface area contributed by atoms with Gasteiger partial charge >= 0.3 is 0 Å². The van der Waals surface area contributed by atoms with Crippen molar-refractivity contribution < 1.29 is 9.53 Å². The lowest BCUT2D eigenvalue weighted by molar-refractivity contribution is -0.126. The maximum absolute atomic E-state index is 12.1. The third-order valence-electron chi connectivity index (χ3n) is 4.79. The van der Waals surface area contributed by atoms with Crippen LogP contribution in [0.15, 0.2) is 0 Å². The molecular formula is C16H31N3O2. The highest BCUT2D eigenvalue weighted by Gasteiger charge is 2.35. The molecule has 122 valence electrons. The number of rotatable bonds is 5. The Balaban J connectivity index is 1.94. The fraction of sp³-hybridized carbons (Fsp3) is 0.938. The average Bonchev–Trinajstić information content (AvgIpc) is 2.46. The molecular weight excluding hydrogens is 266 g/mol. The first kappa shape index (κ1) is 16.7. The molecule has 0 bridgehead atoms. The molecule has 5 heteroatoms. The second-order valence-electron chi connectivity index (χ2n) is 7.35. The van der Waals surface area contributed by atoms with Crippen molar-refractivity contribution >= 4 is 5.91 Å². The maximum Gasteiger partial charge on any atom is 0.239 e. The molecule has 0 spiro atoms. The van der Waals surface area contributed by atoms with Crippen molar-refractivity contribution in [2.75, 3.05) is 39.4 Å². The number of morpholine rings is 1. The van der Waals surface area contributed by atoms with Gasteiger partial charge in [0.2, 0.25) is 5.91 Å². The molecule has 0 aromatic rings. The van der Waals surface area contributed by atoms with Crippen LogP contribution in [0.3, 0.4) is 0 Å². The second-order valence-corrected chi connectivity index (χ2v) is 7.35. The minimum absolute atomic E-state index is 0.0468. The van der Waals surface area contributed by atoms with Gasteiger partial charge in [-0.2, -0.15) is 0 Å². The van der Waals surface area contributed by atoms with Gasteiger partial charge in [-0.05, 0) is 26.7 Å². The van der Waals surface area contributed by atoms with Gasteiger partial charge in [-0.3, -0.25) is 9.69 Å². The SMILES string of the molecule is CC(C)(N)C(=O)NCC1(CN2CCOCC2)CCCCC1. The Hall–Kier alpha value is -0.650. The molecule has 1 aliphatic heterocycles. The zero-order valence-electron chi connectivity index (χ0n) is 13.6. The third-order valence-corrected chi connectivity index (χ3v) is 4.79. The molecule has 1 saturated heterocycles. The summed E-state index contributed by atoms with van der Waals surface area (Å²) in [5.41, 5.74) is 5.30. The van der Waals surface area contributed by atoms with Crippen molar-refractivity contribution in [1.29, 1.82) is 0 Å². The highest BCUT2D eigenvalue weighted by Crippen LogP contribution is 2.36. The van der Waals surface area contributed by atoms with Gasteiger partial charge in [0, 0.05) is 31.6 Å². The van der Waals surface area contributed by atoms with Crippen LogP contribution in [0.1, 0.15) is 46.0 Å². The number of carbonyl (C=O) groups is 1. The Labute approximate surface area is 128 Å². The molecule has 0 aromatic carbocycles. The number of carbonyl (C=O) groups excluding carboxylic acids is 1. The Kier molecular flexibility index (Phi) is 5.63. The van der Waals surface area contributed by atoms with E-state index >= 15 is 0 Å². The standard InChI is InChI=1S/C16H31N3O2/c1-15(2,17)14(20)18-12-16(6-4-3-5-7-16)13-19-8-10-21-11-9-19/h3-13,17H2,1-2H3,(H,18,20). The molecule has 2 aliphatic rings. The molecule has 0 atom stereocenters. The van der Waals surface area contributed by atoms with Crippen molar-refractivity contribution in [3.05, 3.63) is 0 Å². The predicted molar refractivity (Wildman–Crippen MR) is 84.1 cm³/mol. The molecule has 1 heterocycles. The summed E-state index contributed by atoms with van der Waals surface area (Å²) in [7, 11) is 0. The molecule has 0 aromatic heterocycles. The number of nitrogens with two attached hydrogens (primary N) is 1. The molecule has 1 amide bonds. The van der Waals surface area contributed by atoms with Crippen LogP contribution in [0.4, 0.5) is 0 Å². The first-order valence-electron chi connectivity index (χ1n) is 8.29. The Morgan fingerprint density at radius 3 is 2.43 bits per heavy atom. The second kappa shape index (κ2) is 7.07. The summed E-state index contributed by atoms with van der Waals surface area (Å²) in [6, 6.07) is 0. The van der Waals surface area contributed by atoms with Gasteiger partial charge in [0.05, 0.1) is 18.8 Å². The van der Waals surface area contributed by atoms with Gasteiger partial charge in [0.15, 0.2) is 0 Å². The summed E-state index contributed by atoms with van der Waals surface area (Å²) in [5, 5.41) is 3.10. The van der Waals surface area contributed by atoms with E-state index in [-0.39, 0.29) is 11.3 Å². The molecule has 2 rings (SSSR count). The van der Waals surface area contributed by atoms with Crippen molar-refractivity contribution in [2.45, 2.75) is 51.5 Å². The highest BCUT2D eigenvalue weighted by molar-refractivity contribution is 5.85. The number of amides is 1. The van der Waals surface area contributed by atoms with Gasteiger partial charge in [-0.1, -0.05) is 19.3 Å². The molecule has 2 fully saturated rings. The van der Waals surface area contributed by atoms with Crippen LogP contribution >= 0.6 is 0 Å². The number of ether oxygens (including phenoxy) is 1. The summed E-state index contributed by atoms with van der Waals surface area (Å²) in [6.45, 7) is 9.04. The summed E-state index contributed by atoms with van der Waals surface area (Å²) >= 11 is 0. The topological polar surface area (TPSA) is 67.6 Å². The van der Waals surface area contributed by atoms with Crippen LogP contribution in [0.25, 0.3) is 0 Å². The first-order chi connectivity index (χ1) is 9.91. The lowest BCUT2D eigenvalue weighted by atomic mass is 9.73. The highest BCUT2D eigenvalue weighted by atomic mass is 16.5. The molecule has 0 unspecified atom stereocenters. The number of nitrogens with one attached hydrogen (secondary N) is 1. The Bertz CT molecular complexity index is 340. The number of hydrogen-bond donors (Lipinski definition) is 2. The van der Waals surface area contributed by atoms with E-state index < -0.39 is 5.54 Å². The first-order valence-corrected chi connectivity index (χ1v) is 8.29. The van der Waals surface area contributed by atoms with E-state index in [1.54, 1.807) is 13.8 Å². The number of hydrogen-bond acceptors (Lipinski definition) is 4. The van der Waals surface area contributed by atoms with Crippen LogP contribution in [-0.2, 0) is 9.53 Å². The summed E-state index contributed by atoms with van der Waals surface area (Å²) in [5.74, 6) is -0.0468. The fourth-order valence-corrected chi connectivity index (χ4v) is 3.42. The summed E-state index contributed by atoms with van der Waals surface area (Å²) in [6.07, 6.45) is 6.27. The average molecular weight is 297 g/mol. The Morgan fingerprint density at radius 1 is 1.24 bits per heavy atom. The minimum atomic E-state index is -0.797. The summed E-state index contributed by atoms with van der Waals surface area (Å²) < 4.78 is 5.44. The van der Waals surface area contributed by atoms with Gasteiger partial charge in [-0.15, -0.1) is 0 Å². The van der Waals surface area contributed by atoms with E-state index in [2.05, 4.69) is 10.2 Å². The quantitative estimate of drug-likeness (QED) is 0.798. The third kappa shape index (κ3) is 4.94. The van der Waals surface area contributed by atoms with Gasteiger partial charge in [0.25, 0.3) is 0 Å². The van der Waals surface area contributed by atoms with E-state index in [0.717, 1.165) is 39.4 Å². The fourth-order valence-electron chi connectivity index (χ4n) is 3.42. The predicted octanol–water partition coefficient (Wildman–Crippen LogP) is 1.12. The largest absolute Gasteiger partial charge is 0.379 e. The van der Waals surface area contributed by atoms with Crippen molar-refractivity contribution in [3.8, 4) is 0 Å². The molecule has 0 radical (unpaired) electrons.